The van der Waals surface area contributed by atoms with Crippen LogP contribution in [0.25, 0.3) is 5.57 Å². The van der Waals surface area contributed by atoms with E-state index in [4.69, 9.17) is 0 Å². The van der Waals surface area contributed by atoms with Gasteiger partial charge < -0.3 is 4.57 Å². The van der Waals surface area contributed by atoms with Crippen LogP contribution < -0.4 is 0 Å². The fraction of sp³-hybridized carbons (Fsp3) is 0.538. The van der Waals surface area contributed by atoms with E-state index in [1.807, 2.05) is 0 Å². The molecule has 2 rings (SSSR count). The van der Waals surface area contributed by atoms with Crippen LogP contribution in [-0.4, -0.2) is 29.1 Å². The van der Waals surface area contributed by atoms with E-state index in [2.05, 4.69) is 47.8 Å². The summed E-state index contributed by atoms with van der Waals surface area (Å²) >= 11 is 0. The summed E-state index contributed by atoms with van der Waals surface area (Å²) < 4.78 is 2.21. The van der Waals surface area contributed by atoms with Gasteiger partial charge in [-0.2, -0.15) is 0 Å². The summed E-state index contributed by atoms with van der Waals surface area (Å²) in [5, 5.41) is 0. The molecular formula is C13H20N2. The van der Waals surface area contributed by atoms with Crippen molar-refractivity contribution >= 4 is 5.57 Å². The molecule has 0 bridgehead atoms. The van der Waals surface area contributed by atoms with Crippen molar-refractivity contribution in [3.05, 3.63) is 30.1 Å². The van der Waals surface area contributed by atoms with Gasteiger partial charge in [0.1, 0.15) is 0 Å². The number of aromatic nitrogens is 1. The lowest BCUT2D eigenvalue weighted by Crippen LogP contribution is -2.29. The molecule has 0 radical (unpaired) electrons. The monoisotopic (exact) mass is 204 g/mol. The Labute approximate surface area is 92.2 Å². The minimum Gasteiger partial charge on any atom is -0.351 e. The minimum absolute atomic E-state index is 1.12. The Morgan fingerprint density at radius 2 is 2.27 bits per heavy atom. The second-order valence-corrected chi connectivity index (χ2v) is 4.28. The normalized spacial score (nSPS) is 17.9. The molecule has 0 aromatic carbocycles. The molecule has 15 heavy (non-hydrogen) atoms. The lowest BCUT2D eigenvalue weighted by molar-refractivity contribution is 0.302. The van der Waals surface area contributed by atoms with Crippen molar-refractivity contribution in [3.8, 4) is 0 Å². The van der Waals surface area contributed by atoms with Crippen LogP contribution in [0, 0.1) is 0 Å². The van der Waals surface area contributed by atoms with Crippen molar-refractivity contribution in [1.29, 1.82) is 0 Å². The van der Waals surface area contributed by atoms with Crippen molar-refractivity contribution in [3.63, 3.8) is 0 Å². The summed E-state index contributed by atoms with van der Waals surface area (Å²) in [6, 6.07) is 4.33. The maximum atomic E-state index is 2.52. The lowest BCUT2D eigenvalue weighted by atomic mass is 10.0. The number of nitrogens with zero attached hydrogens (tertiary/aromatic N) is 2. The van der Waals surface area contributed by atoms with Gasteiger partial charge in [-0.1, -0.05) is 13.0 Å². The molecule has 0 atom stereocenters. The summed E-state index contributed by atoms with van der Waals surface area (Å²) in [6.07, 6.45) is 6.95. The van der Waals surface area contributed by atoms with Crippen LogP contribution in [0.3, 0.4) is 0 Å². The largest absolute Gasteiger partial charge is 0.351 e. The summed E-state index contributed by atoms with van der Waals surface area (Å²) in [5.41, 5.74) is 2.89. The van der Waals surface area contributed by atoms with Gasteiger partial charge in [-0.3, -0.25) is 4.90 Å². The van der Waals surface area contributed by atoms with Crippen LogP contribution in [0.1, 0.15) is 25.5 Å². The number of aryl methyl sites for hydroxylation is 1. The first-order valence-corrected chi connectivity index (χ1v) is 5.84. The Balaban J connectivity index is 2.05. The van der Waals surface area contributed by atoms with Crippen molar-refractivity contribution < 1.29 is 0 Å². The molecule has 1 aliphatic heterocycles. The Morgan fingerprint density at radius 3 is 2.80 bits per heavy atom. The summed E-state index contributed by atoms with van der Waals surface area (Å²) in [7, 11) is 2.12. The molecule has 1 aliphatic rings. The van der Waals surface area contributed by atoms with Crippen molar-refractivity contribution in [2.24, 2.45) is 7.05 Å². The van der Waals surface area contributed by atoms with Gasteiger partial charge in [0.2, 0.25) is 0 Å². The predicted molar refractivity (Wildman–Crippen MR) is 64.7 cm³/mol. The third-order valence-electron chi connectivity index (χ3n) is 3.11. The zero-order valence-electron chi connectivity index (χ0n) is 9.74. The topological polar surface area (TPSA) is 8.17 Å². The highest BCUT2D eigenvalue weighted by molar-refractivity contribution is 5.64. The molecule has 0 amide bonds. The summed E-state index contributed by atoms with van der Waals surface area (Å²) in [5.74, 6) is 0. The quantitative estimate of drug-likeness (QED) is 0.734. The molecule has 0 aliphatic carbocycles. The van der Waals surface area contributed by atoms with Crippen molar-refractivity contribution in [1.82, 2.24) is 9.47 Å². The molecule has 0 saturated carbocycles. The lowest BCUT2D eigenvalue weighted by Gasteiger charge is -2.25. The van der Waals surface area contributed by atoms with E-state index in [-0.39, 0.29) is 0 Å². The van der Waals surface area contributed by atoms with Crippen LogP contribution in [0.4, 0.5) is 0 Å². The summed E-state index contributed by atoms with van der Waals surface area (Å²) in [4.78, 5) is 2.52. The van der Waals surface area contributed by atoms with E-state index in [1.165, 1.54) is 37.2 Å². The van der Waals surface area contributed by atoms with Gasteiger partial charge in [0.25, 0.3) is 0 Å². The molecule has 2 heteroatoms. The number of hydrogen-bond acceptors (Lipinski definition) is 1. The van der Waals surface area contributed by atoms with E-state index >= 15 is 0 Å². The molecular weight excluding hydrogens is 184 g/mol. The Kier molecular flexibility index (Phi) is 3.27. The van der Waals surface area contributed by atoms with Gasteiger partial charge in [0, 0.05) is 32.0 Å². The van der Waals surface area contributed by atoms with Gasteiger partial charge in [-0.15, -0.1) is 0 Å². The first kappa shape index (κ1) is 10.5. The maximum Gasteiger partial charge on any atom is 0.0434 e. The van der Waals surface area contributed by atoms with E-state index in [1.54, 1.807) is 0 Å². The third-order valence-corrected chi connectivity index (χ3v) is 3.11. The van der Waals surface area contributed by atoms with Gasteiger partial charge in [0.15, 0.2) is 0 Å². The van der Waals surface area contributed by atoms with Crippen LogP contribution >= 0.6 is 0 Å². The molecule has 2 heterocycles. The molecule has 1 aromatic rings. The highest BCUT2D eigenvalue weighted by atomic mass is 15.1. The van der Waals surface area contributed by atoms with E-state index in [9.17, 15) is 0 Å². The molecule has 0 saturated heterocycles. The zero-order valence-corrected chi connectivity index (χ0v) is 9.74. The predicted octanol–water partition coefficient (Wildman–Crippen LogP) is 2.52. The van der Waals surface area contributed by atoms with Crippen molar-refractivity contribution in [2.45, 2.75) is 19.8 Å². The van der Waals surface area contributed by atoms with Gasteiger partial charge in [0.05, 0.1) is 0 Å². The fourth-order valence-electron chi connectivity index (χ4n) is 2.26. The second-order valence-electron chi connectivity index (χ2n) is 4.28. The fourth-order valence-corrected chi connectivity index (χ4v) is 2.26. The van der Waals surface area contributed by atoms with Crippen LogP contribution in [-0.2, 0) is 7.05 Å². The maximum absolute atomic E-state index is 2.52. The molecule has 2 nitrogen and oxygen atoms in total. The Bertz CT molecular complexity index is 349. The first-order chi connectivity index (χ1) is 7.31. The van der Waals surface area contributed by atoms with Crippen LogP contribution in [0.5, 0.6) is 0 Å². The van der Waals surface area contributed by atoms with E-state index in [0.29, 0.717) is 0 Å². The number of hydrogen-bond donors (Lipinski definition) is 0. The highest BCUT2D eigenvalue weighted by Gasteiger charge is 2.13. The van der Waals surface area contributed by atoms with Crippen molar-refractivity contribution in [2.75, 3.05) is 19.6 Å². The summed E-state index contributed by atoms with van der Waals surface area (Å²) in [6.45, 7) is 5.81. The van der Waals surface area contributed by atoms with Gasteiger partial charge in [-0.25, -0.2) is 0 Å². The van der Waals surface area contributed by atoms with Gasteiger partial charge in [-0.05, 0) is 37.1 Å². The zero-order chi connectivity index (χ0) is 10.7. The third kappa shape index (κ3) is 2.32. The van der Waals surface area contributed by atoms with Crippen LogP contribution in [0.2, 0.25) is 0 Å². The highest BCUT2D eigenvalue weighted by Crippen LogP contribution is 2.22. The van der Waals surface area contributed by atoms with Gasteiger partial charge >= 0.3 is 0 Å². The molecule has 82 valence electrons. The molecule has 0 fully saturated rings. The molecule has 0 spiro atoms. The van der Waals surface area contributed by atoms with E-state index in [0.717, 1.165) is 6.54 Å². The first-order valence-electron chi connectivity index (χ1n) is 5.84. The molecule has 1 aromatic heterocycles. The standard InChI is InChI=1S/C13H20N2/c1-3-8-15-10-6-12(7-11-15)13-5-4-9-14(13)2/h4-6,9H,3,7-8,10-11H2,1-2H3. The van der Waals surface area contributed by atoms with E-state index < -0.39 is 0 Å². The average molecular weight is 204 g/mol. The minimum atomic E-state index is 1.12. The average Bonchev–Trinajstić information content (AvgIpc) is 2.66. The Morgan fingerprint density at radius 1 is 1.40 bits per heavy atom. The Hall–Kier alpha value is -1.02. The number of rotatable bonds is 3. The SMILES string of the molecule is CCCN1CC=C(c2cccn2C)CC1. The van der Waals surface area contributed by atoms with Crippen LogP contribution in [0.15, 0.2) is 24.4 Å². The molecule has 0 N–H and O–H groups in total. The molecule has 0 unspecified atom stereocenters. The second kappa shape index (κ2) is 4.67. The smallest absolute Gasteiger partial charge is 0.0434 e.